The molecule has 0 fully saturated rings. The van der Waals surface area contributed by atoms with Crippen molar-refractivity contribution in [2.45, 2.75) is 18.7 Å². The van der Waals surface area contributed by atoms with Crippen LogP contribution in [0, 0.1) is 5.82 Å². The Morgan fingerprint density at radius 3 is 2.93 bits per heavy atom. The molecule has 1 aromatic heterocycles. The Morgan fingerprint density at radius 1 is 1.67 bits per heavy atom. The topological polar surface area (TPSA) is 42.0 Å². The molecule has 0 saturated heterocycles. The fourth-order valence-electron chi connectivity index (χ4n) is 0.948. The van der Waals surface area contributed by atoms with Gasteiger partial charge in [0.1, 0.15) is 11.5 Å². The van der Waals surface area contributed by atoms with Crippen molar-refractivity contribution in [3.05, 3.63) is 29.8 Å². The number of nitrogens with one attached hydrogen (secondary N) is 1. The summed E-state index contributed by atoms with van der Waals surface area (Å²) < 4.78 is 12.5. The SMILES string of the molecule is CCC(Cl)CNC(=O)c1ccc(F)cn1. The number of alkyl halides is 1. The number of hydrogen-bond donors (Lipinski definition) is 1. The average Bonchev–Trinajstić information content (AvgIpc) is 2.26. The highest BCUT2D eigenvalue weighted by molar-refractivity contribution is 6.20. The lowest BCUT2D eigenvalue weighted by Gasteiger charge is -2.07. The lowest BCUT2D eigenvalue weighted by atomic mass is 10.3. The molecule has 1 heterocycles. The van der Waals surface area contributed by atoms with Gasteiger partial charge in [-0.3, -0.25) is 4.79 Å². The van der Waals surface area contributed by atoms with Crippen molar-refractivity contribution in [2.24, 2.45) is 0 Å². The Hall–Kier alpha value is -1.16. The van der Waals surface area contributed by atoms with Gasteiger partial charge in [-0.25, -0.2) is 9.37 Å². The second kappa shape index (κ2) is 5.66. The van der Waals surface area contributed by atoms with Crippen LogP contribution in [0.1, 0.15) is 23.8 Å². The predicted octanol–water partition coefficient (Wildman–Crippen LogP) is 1.97. The third-order valence-electron chi connectivity index (χ3n) is 1.89. The third kappa shape index (κ3) is 3.83. The number of rotatable bonds is 4. The van der Waals surface area contributed by atoms with Crippen molar-refractivity contribution in [3.8, 4) is 0 Å². The summed E-state index contributed by atoms with van der Waals surface area (Å²) in [5, 5.41) is 2.52. The summed E-state index contributed by atoms with van der Waals surface area (Å²) in [6.45, 7) is 2.32. The molecule has 1 unspecified atom stereocenters. The average molecular weight is 231 g/mol. The summed E-state index contributed by atoms with van der Waals surface area (Å²) in [7, 11) is 0. The summed E-state index contributed by atoms with van der Waals surface area (Å²) in [5.41, 5.74) is 0.191. The molecule has 1 amide bonds. The molecule has 1 aromatic rings. The first kappa shape index (κ1) is 11.9. The van der Waals surface area contributed by atoms with Crippen LogP contribution in [-0.4, -0.2) is 22.8 Å². The normalized spacial score (nSPS) is 12.2. The van der Waals surface area contributed by atoms with E-state index in [2.05, 4.69) is 10.3 Å². The highest BCUT2D eigenvalue weighted by Crippen LogP contribution is 2.01. The minimum atomic E-state index is -0.463. The van der Waals surface area contributed by atoms with Crippen LogP contribution in [0.25, 0.3) is 0 Å². The van der Waals surface area contributed by atoms with Crippen LogP contribution in [0.3, 0.4) is 0 Å². The fraction of sp³-hybridized carbons (Fsp3) is 0.400. The van der Waals surface area contributed by atoms with Crippen molar-refractivity contribution in [2.75, 3.05) is 6.54 Å². The van der Waals surface area contributed by atoms with Crippen LogP contribution in [0.2, 0.25) is 0 Å². The van der Waals surface area contributed by atoms with Crippen LogP contribution in [-0.2, 0) is 0 Å². The molecular weight excluding hydrogens is 219 g/mol. The van der Waals surface area contributed by atoms with Crippen molar-refractivity contribution >= 4 is 17.5 Å². The quantitative estimate of drug-likeness (QED) is 0.804. The molecule has 5 heteroatoms. The van der Waals surface area contributed by atoms with Crippen LogP contribution in [0.5, 0.6) is 0 Å². The number of nitrogens with zero attached hydrogens (tertiary/aromatic N) is 1. The molecule has 0 bridgehead atoms. The van der Waals surface area contributed by atoms with Gasteiger partial charge in [-0.2, -0.15) is 0 Å². The van der Waals surface area contributed by atoms with Crippen LogP contribution >= 0.6 is 11.6 Å². The zero-order chi connectivity index (χ0) is 11.3. The molecule has 0 aliphatic rings. The van der Waals surface area contributed by atoms with E-state index in [0.717, 1.165) is 12.6 Å². The summed E-state index contributed by atoms with van der Waals surface area (Å²) in [6, 6.07) is 2.53. The first-order valence-electron chi connectivity index (χ1n) is 4.67. The number of pyridine rings is 1. The Kier molecular flexibility index (Phi) is 4.49. The maximum atomic E-state index is 12.5. The largest absolute Gasteiger partial charge is 0.349 e. The molecule has 0 aliphatic carbocycles. The van der Waals surface area contributed by atoms with E-state index in [1.807, 2.05) is 6.92 Å². The van der Waals surface area contributed by atoms with Crippen LogP contribution < -0.4 is 5.32 Å². The zero-order valence-corrected chi connectivity index (χ0v) is 9.09. The highest BCUT2D eigenvalue weighted by Gasteiger charge is 2.08. The van der Waals surface area contributed by atoms with Crippen molar-refractivity contribution in [1.29, 1.82) is 0 Å². The minimum Gasteiger partial charge on any atom is -0.349 e. The van der Waals surface area contributed by atoms with Gasteiger partial charge in [-0.05, 0) is 18.6 Å². The second-order valence-electron chi connectivity index (χ2n) is 3.08. The van der Waals surface area contributed by atoms with Crippen molar-refractivity contribution in [3.63, 3.8) is 0 Å². The molecule has 0 radical (unpaired) electrons. The molecule has 1 rings (SSSR count). The van der Waals surface area contributed by atoms with E-state index < -0.39 is 5.82 Å². The highest BCUT2D eigenvalue weighted by atomic mass is 35.5. The van der Waals surface area contributed by atoms with E-state index in [0.29, 0.717) is 6.54 Å². The number of carbonyl (C=O) groups excluding carboxylic acids is 1. The number of aromatic nitrogens is 1. The van der Waals surface area contributed by atoms with E-state index in [1.165, 1.54) is 12.1 Å². The van der Waals surface area contributed by atoms with Crippen LogP contribution in [0.15, 0.2) is 18.3 Å². The molecule has 0 aliphatic heterocycles. The smallest absolute Gasteiger partial charge is 0.269 e. The molecule has 15 heavy (non-hydrogen) atoms. The Morgan fingerprint density at radius 2 is 2.40 bits per heavy atom. The van der Waals surface area contributed by atoms with E-state index in [1.54, 1.807) is 0 Å². The van der Waals surface area contributed by atoms with E-state index in [9.17, 15) is 9.18 Å². The van der Waals surface area contributed by atoms with Gasteiger partial charge < -0.3 is 5.32 Å². The Labute approximate surface area is 92.7 Å². The van der Waals surface area contributed by atoms with Crippen LogP contribution in [0.4, 0.5) is 4.39 Å². The van der Waals surface area contributed by atoms with Crippen molar-refractivity contribution < 1.29 is 9.18 Å². The molecule has 0 saturated carbocycles. The molecule has 3 nitrogen and oxygen atoms in total. The Bertz CT molecular complexity index is 329. The molecule has 1 N–H and O–H groups in total. The van der Waals surface area contributed by atoms with E-state index in [-0.39, 0.29) is 17.0 Å². The number of carbonyl (C=O) groups is 1. The number of halogens is 2. The van der Waals surface area contributed by atoms with Gasteiger partial charge in [0.15, 0.2) is 0 Å². The maximum absolute atomic E-state index is 12.5. The fourth-order valence-corrected chi connectivity index (χ4v) is 1.03. The number of hydrogen-bond acceptors (Lipinski definition) is 2. The van der Waals surface area contributed by atoms with Gasteiger partial charge in [0.2, 0.25) is 0 Å². The summed E-state index contributed by atoms with van der Waals surface area (Å²) in [4.78, 5) is 15.1. The summed E-state index contributed by atoms with van der Waals surface area (Å²) >= 11 is 5.83. The van der Waals surface area contributed by atoms with E-state index >= 15 is 0 Å². The lowest BCUT2D eigenvalue weighted by Crippen LogP contribution is -2.30. The van der Waals surface area contributed by atoms with Gasteiger partial charge in [-0.1, -0.05) is 6.92 Å². The lowest BCUT2D eigenvalue weighted by molar-refractivity contribution is 0.0948. The predicted molar refractivity (Wildman–Crippen MR) is 56.5 cm³/mol. The van der Waals surface area contributed by atoms with Gasteiger partial charge in [0.05, 0.1) is 11.6 Å². The van der Waals surface area contributed by atoms with Crippen molar-refractivity contribution in [1.82, 2.24) is 10.3 Å². The molecule has 0 spiro atoms. The summed E-state index contributed by atoms with van der Waals surface area (Å²) in [6.07, 6.45) is 1.78. The van der Waals surface area contributed by atoms with Gasteiger partial charge in [0, 0.05) is 6.54 Å². The van der Waals surface area contributed by atoms with Gasteiger partial charge in [0.25, 0.3) is 5.91 Å². The first-order chi connectivity index (χ1) is 7.13. The molecule has 1 atom stereocenters. The third-order valence-corrected chi connectivity index (χ3v) is 2.35. The van der Waals surface area contributed by atoms with E-state index in [4.69, 9.17) is 11.6 Å². The second-order valence-corrected chi connectivity index (χ2v) is 3.69. The first-order valence-corrected chi connectivity index (χ1v) is 5.11. The maximum Gasteiger partial charge on any atom is 0.269 e. The van der Waals surface area contributed by atoms with Gasteiger partial charge in [-0.15, -0.1) is 11.6 Å². The minimum absolute atomic E-state index is 0.0885. The molecular formula is C10H12ClFN2O. The zero-order valence-electron chi connectivity index (χ0n) is 8.34. The van der Waals surface area contributed by atoms with Gasteiger partial charge >= 0.3 is 0 Å². The Balaban J connectivity index is 2.50. The molecule has 82 valence electrons. The monoisotopic (exact) mass is 230 g/mol. The standard InChI is InChI=1S/C10H12ClFN2O/c1-2-7(11)5-14-10(15)9-4-3-8(12)6-13-9/h3-4,6-7H,2,5H2,1H3,(H,14,15). The summed E-state index contributed by atoms with van der Waals surface area (Å²) in [5.74, 6) is -0.801. The molecule has 0 aromatic carbocycles. The number of amides is 1.